The Labute approximate surface area is 66.5 Å². The van der Waals surface area contributed by atoms with Crippen molar-refractivity contribution < 1.29 is 9.53 Å². The minimum atomic E-state index is -0.162. The summed E-state index contributed by atoms with van der Waals surface area (Å²) in [7, 11) is 0. The predicted octanol–water partition coefficient (Wildman–Crippen LogP) is 1.68. The summed E-state index contributed by atoms with van der Waals surface area (Å²) >= 11 is 0. The van der Waals surface area contributed by atoms with E-state index in [-0.39, 0.29) is 18.0 Å². The zero-order valence-electron chi connectivity index (χ0n) is 6.78. The number of carbonyl (C=O) groups excluding carboxylic acids is 1. The first kappa shape index (κ1) is 8.05. The second-order valence-corrected chi connectivity index (χ2v) is 2.78. The van der Waals surface area contributed by atoms with Gasteiger partial charge in [-0.3, -0.25) is 4.79 Å². The molecule has 11 heavy (non-hydrogen) atoms. The minimum absolute atomic E-state index is 0.0232. The van der Waals surface area contributed by atoms with Crippen LogP contribution in [0.15, 0.2) is 24.3 Å². The molecule has 0 amide bonds. The van der Waals surface area contributed by atoms with Gasteiger partial charge in [-0.2, -0.15) is 0 Å². The molecule has 0 aromatic heterocycles. The van der Waals surface area contributed by atoms with Crippen molar-refractivity contribution in [2.75, 3.05) is 0 Å². The van der Waals surface area contributed by atoms with Crippen LogP contribution in [0.4, 0.5) is 0 Å². The van der Waals surface area contributed by atoms with E-state index in [2.05, 4.69) is 0 Å². The Balaban J connectivity index is 2.42. The average Bonchev–Trinajstić information content (AvgIpc) is 2.35. The standard InChI is InChI=1S/C9H12O2/c1-7(2)11-9(10)8-5-3-4-6-8/h3-8H,1-2H3. The highest BCUT2D eigenvalue weighted by Crippen LogP contribution is 2.11. The lowest BCUT2D eigenvalue weighted by Gasteiger charge is -2.09. The molecule has 0 radical (unpaired) electrons. The molecule has 2 heteroatoms. The number of allylic oxidation sites excluding steroid dienone is 2. The highest BCUT2D eigenvalue weighted by molar-refractivity contribution is 5.77. The van der Waals surface area contributed by atoms with E-state index in [0.29, 0.717) is 0 Å². The van der Waals surface area contributed by atoms with Crippen LogP contribution < -0.4 is 0 Å². The first-order valence-electron chi connectivity index (χ1n) is 3.75. The first-order chi connectivity index (χ1) is 5.20. The van der Waals surface area contributed by atoms with Crippen LogP contribution in [0.5, 0.6) is 0 Å². The summed E-state index contributed by atoms with van der Waals surface area (Å²) in [5.74, 6) is -0.317. The molecule has 0 bridgehead atoms. The smallest absolute Gasteiger partial charge is 0.316 e. The number of hydrogen-bond acceptors (Lipinski definition) is 2. The van der Waals surface area contributed by atoms with Gasteiger partial charge in [0.15, 0.2) is 0 Å². The molecular weight excluding hydrogens is 140 g/mol. The van der Waals surface area contributed by atoms with Crippen molar-refractivity contribution >= 4 is 5.97 Å². The lowest BCUT2D eigenvalue weighted by molar-refractivity contribution is -0.149. The van der Waals surface area contributed by atoms with E-state index in [0.717, 1.165) is 0 Å². The summed E-state index contributed by atoms with van der Waals surface area (Å²) in [6.07, 6.45) is 7.33. The summed E-state index contributed by atoms with van der Waals surface area (Å²) < 4.78 is 4.99. The Hall–Kier alpha value is -1.05. The second-order valence-electron chi connectivity index (χ2n) is 2.78. The zero-order valence-corrected chi connectivity index (χ0v) is 6.78. The van der Waals surface area contributed by atoms with Crippen LogP contribution in [-0.2, 0) is 9.53 Å². The third-order valence-electron chi connectivity index (χ3n) is 1.37. The van der Waals surface area contributed by atoms with Crippen LogP contribution in [0.2, 0.25) is 0 Å². The molecule has 0 aliphatic heterocycles. The largest absolute Gasteiger partial charge is 0.462 e. The molecule has 1 aliphatic carbocycles. The number of carbonyl (C=O) groups is 1. The van der Waals surface area contributed by atoms with Crippen molar-refractivity contribution in [1.82, 2.24) is 0 Å². The van der Waals surface area contributed by atoms with Gasteiger partial charge in [-0.05, 0) is 13.8 Å². The normalized spacial score (nSPS) is 16.3. The van der Waals surface area contributed by atoms with E-state index in [1.165, 1.54) is 0 Å². The molecule has 0 atom stereocenters. The molecule has 0 fully saturated rings. The Morgan fingerprint density at radius 2 is 1.91 bits per heavy atom. The summed E-state index contributed by atoms with van der Waals surface area (Å²) in [5, 5.41) is 0. The first-order valence-corrected chi connectivity index (χ1v) is 3.75. The summed E-state index contributed by atoms with van der Waals surface area (Å²) in [6.45, 7) is 3.70. The topological polar surface area (TPSA) is 26.3 Å². The summed E-state index contributed by atoms with van der Waals surface area (Å²) in [6, 6.07) is 0. The van der Waals surface area contributed by atoms with Gasteiger partial charge >= 0.3 is 5.97 Å². The third-order valence-corrected chi connectivity index (χ3v) is 1.37. The van der Waals surface area contributed by atoms with Gasteiger partial charge in [0.05, 0.1) is 12.0 Å². The molecule has 60 valence electrons. The Morgan fingerprint density at radius 3 is 2.36 bits per heavy atom. The SMILES string of the molecule is CC(C)OC(=O)C1C=CC=C1. The van der Waals surface area contributed by atoms with Crippen molar-refractivity contribution in [3.05, 3.63) is 24.3 Å². The molecule has 0 saturated heterocycles. The summed E-state index contributed by atoms with van der Waals surface area (Å²) in [4.78, 5) is 11.1. The lowest BCUT2D eigenvalue weighted by Crippen LogP contribution is -2.17. The van der Waals surface area contributed by atoms with Gasteiger partial charge in [-0.1, -0.05) is 24.3 Å². The highest BCUT2D eigenvalue weighted by Gasteiger charge is 2.16. The predicted molar refractivity (Wildman–Crippen MR) is 43.0 cm³/mol. The zero-order chi connectivity index (χ0) is 8.27. The van der Waals surface area contributed by atoms with Gasteiger partial charge in [0, 0.05) is 0 Å². The second kappa shape index (κ2) is 3.37. The fourth-order valence-corrected chi connectivity index (χ4v) is 0.900. The molecular formula is C9H12O2. The van der Waals surface area contributed by atoms with Gasteiger partial charge in [0.2, 0.25) is 0 Å². The molecule has 2 nitrogen and oxygen atoms in total. The van der Waals surface area contributed by atoms with Crippen molar-refractivity contribution in [3.8, 4) is 0 Å². The van der Waals surface area contributed by atoms with Gasteiger partial charge in [0.1, 0.15) is 0 Å². The molecule has 0 N–H and O–H groups in total. The monoisotopic (exact) mass is 152 g/mol. The maximum Gasteiger partial charge on any atom is 0.316 e. The van der Waals surface area contributed by atoms with Crippen molar-refractivity contribution in [2.45, 2.75) is 20.0 Å². The summed E-state index contributed by atoms with van der Waals surface area (Å²) in [5.41, 5.74) is 0. The number of rotatable bonds is 2. The van der Waals surface area contributed by atoms with E-state index < -0.39 is 0 Å². The lowest BCUT2D eigenvalue weighted by atomic mass is 10.2. The molecule has 0 saturated carbocycles. The van der Waals surface area contributed by atoms with Gasteiger partial charge in [-0.15, -0.1) is 0 Å². The third kappa shape index (κ3) is 2.22. The van der Waals surface area contributed by atoms with Crippen LogP contribution in [0.1, 0.15) is 13.8 Å². The van der Waals surface area contributed by atoms with Crippen molar-refractivity contribution in [2.24, 2.45) is 5.92 Å². The Bertz CT molecular complexity index is 190. The molecule has 0 aromatic carbocycles. The van der Waals surface area contributed by atoms with Gasteiger partial charge in [-0.25, -0.2) is 0 Å². The highest BCUT2D eigenvalue weighted by atomic mass is 16.5. The molecule has 0 aromatic rings. The average molecular weight is 152 g/mol. The molecule has 0 unspecified atom stereocenters. The van der Waals surface area contributed by atoms with E-state index in [4.69, 9.17) is 4.74 Å². The van der Waals surface area contributed by atoms with Crippen LogP contribution in [0, 0.1) is 5.92 Å². The number of ether oxygens (including phenoxy) is 1. The van der Waals surface area contributed by atoms with Crippen LogP contribution in [0.3, 0.4) is 0 Å². The molecule has 1 rings (SSSR count). The Kier molecular flexibility index (Phi) is 2.47. The van der Waals surface area contributed by atoms with Crippen LogP contribution in [-0.4, -0.2) is 12.1 Å². The minimum Gasteiger partial charge on any atom is -0.462 e. The van der Waals surface area contributed by atoms with E-state index in [1.54, 1.807) is 0 Å². The molecule has 1 aliphatic rings. The maximum absolute atomic E-state index is 11.1. The van der Waals surface area contributed by atoms with Crippen LogP contribution in [0.25, 0.3) is 0 Å². The van der Waals surface area contributed by atoms with Gasteiger partial charge in [0.25, 0.3) is 0 Å². The van der Waals surface area contributed by atoms with Crippen molar-refractivity contribution in [1.29, 1.82) is 0 Å². The quantitative estimate of drug-likeness (QED) is 0.563. The molecule has 0 spiro atoms. The maximum atomic E-state index is 11.1. The molecule has 0 heterocycles. The van der Waals surface area contributed by atoms with E-state index in [1.807, 2.05) is 38.2 Å². The van der Waals surface area contributed by atoms with Crippen LogP contribution >= 0.6 is 0 Å². The fraction of sp³-hybridized carbons (Fsp3) is 0.444. The van der Waals surface area contributed by atoms with E-state index >= 15 is 0 Å². The number of esters is 1. The van der Waals surface area contributed by atoms with Gasteiger partial charge < -0.3 is 4.74 Å². The van der Waals surface area contributed by atoms with E-state index in [9.17, 15) is 4.79 Å². The number of hydrogen-bond donors (Lipinski definition) is 0. The van der Waals surface area contributed by atoms with Crippen molar-refractivity contribution in [3.63, 3.8) is 0 Å². The fourth-order valence-electron chi connectivity index (χ4n) is 0.900. The Morgan fingerprint density at radius 1 is 1.36 bits per heavy atom.